The summed E-state index contributed by atoms with van der Waals surface area (Å²) in [7, 11) is 0. The summed E-state index contributed by atoms with van der Waals surface area (Å²) < 4.78 is 12.6. The molecular weight excluding hydrogens is 460 g/mol. The van der Waals surface area contributed by atoms with Gasteiger partial charge in [-0.1, -0.05) is 86.7 Å². The smallest absolute Gasteiger partial charge is 0.341 e. The van der Waals surface area contributed by atoms with Crippen molar-refractivity contribution in [2.24, 2.45) is 5.92 Å². The summed E-state index contributed by atoms with van der Waals surface area (Å²) in [4.78, 5) is 11.4. The number of rotatable bonds is 8. The fraction of sp³-hybridized carbons (Fsp3) is 0.364. The first kappa shape index (κ1) is 26.7. The van der Waals surface area contributed by atoms with Crippen LogP contribution in [0.25, 0.3) is 0 Å². The first-order valence-corrected chi connectivity index (χ1v) is 13.0. The third kappa shape index (κ3) is 5.65. The van der Waals surface area contributed by atoms with Gasteiger partial charge in [-0.05, 0) is 61.6 Å². The highest BCUT2D eigenvalue weighted by Crippen LogP contribution is 2.49. The Hall–Kier alpha value is -3.37. The molecule has 1 heterocycles. The topological polar surface area (TPSA) is 55.8 Å². The van der Waals surface area contributed by atoms with E-state index in [1.54, 1.807) is 0 Å². The Balaban J connectivity index is 1.77. The third-order valence-electron chi connectivity index (χ3n) is 7.91. The van der Waals surface area contributed by atoms with Crippen molar-refractivity contribution in [3.05, 3.63) is 113 Å². The minimum atomic E-state index is -1.01. The van der Waals surface area contributed by atoms with E-state index in [-0.39, 0.29) is 29.5 Å². The molecule has 3 aromatic carbocycles. The number of aryl methyl sites for hydroxylation is 1. The lowest BCUT2D eigenvalue weighted by Crippen LogP contribution is -2.35. The van der Waals surface area contributed by atoms with Crippen LogP contribution in [0, 0.1) is 12.8 Å². The number of carbonyl (C=O) groups is 1. The summed E-state index contributed by atoms with van der Waals surface area (Å²) in [6, 6.07) is 25.0. The van der Waals surface area contributed by atoms with E-state index in [1.807, 2.05) is 18.2 Å². The second-order valence-corrected chi connectivity index (χ2v) is 10.8. The number of ether oxygens (including phenoxy) is 2. The Labute approximate surface area is 221 Å². The Bertz CT molecular complexity index is 1260. The predicted molar refractivity (Wildman–Crippen MR) is 148 cm³/mol. The van der Waals surface area contributed by atoms with Crippen LogP contribution >= 0.6 is 0 Å². The molecule has 0 amide bonds. The highest BCUT2D eigenvalue weighted by Gasteiger charge is 2.40. The Morgan fingerprint density at radius 3 is 2.35 bits per heavy atom. The van der Waals surface area contributed by atoms with Crippen LogP contribution < -0.4 is 4.74 Å². The lowest BCUT2D eigenvalue weighted by Gasteiger charge is -2.42. The third-order valence-corrected chi connectivity index (χ3v) is 7.91. The molecule has 0 spiro atoms. The maximum atomic E-state index is 11.4. The molecule has 4 atom stereocenters. The molecule has 0 bridgehead atoms. The van der Waals surface area contributed by atoms with Crippen molar-refractivity contribution < 1.29 is 19.4 Å². The Morgan fingerprint density at radius 1 is 1.03 bits per heavy atom. The highest BCUT2D eigenvalue weighted by atomic mass is 16.5. The SMILES string of the molecule is C=C(C)[C@H]1C[C@H](c2ccccc2C)[C@H](C)O[C@@H]1c1cc(C(C)(C)c2ccccc2)ccc1OCC(=O)O. The second-order valence-electron chi connectivity index (χ2n) is 10.8. The molecule has 1 aliphatic heterocycles. The van der Waals surface area contributed by atoms with Crippen molar-refractivity contribution in [1.29, 1.82) is 0 Å². The summed E-state index contributed by atoms with van der Waals surface area (Å²) in [6.07, 6.45) is 0.583. The van der Waals surface area contributed by atoms with Crippen LogP contribution in [0.4, 0.5) is 0 Å². The first-order chi connectivity index (χ1) is 17.6. The van der Waals surface area contributed by atoms with E-state index in [4.69, 9.17) is 9.47 Å². The summed E-state index contributed by atoms with van der Waals surface area (Å²) in [5.74, 6) is -0.156. The highest BCUT2D eigenvalue weighted by molar-refractivity contribution is 5.68. The van der Waals surface area contributed by atoms with Gasteiger partial charge >= 0.3 is 5.97 Å². The number of benzene rings is 3. The van der Waals surface area contributed by atoms with Gasteiger partial charge < -0.3 is 14.6 Å². The van der Waals surface area contributed by atoms with Gasteiger partial charge in [-0.25, -0.2) is 4.79 Å². The number of carboxylic acids is 1. The molecule has 37 heavy (non-hydrogen) atoms. The molecule has 4 heteroatoms. The van der Waals surface area contributed by atoms with Gasteiger partial charge in [-0.15, -0.1) is 0 Å². The van der Waals surface area contributed by atoms with Crippen LogP contribution in [0.15, 0.2) is 84.9 Å². The molecule has 4 rings (SSSR count). The lowest BCUT2D eigenvalue weighted by atomic mass is 9.73. The van der Waals surface area contributed by atoms with Crippen molar-refractivity contribution in [3.63, 3.8) is 0 Å². The fourth-order valence-corrected chi connectivity index (χ4v) is 5.59. The molecule has 4 nitrogen and oxygen atoms in total. The normalized spacial score (nSPS) is 21.9. The molecular formula is C33H38O4. The zero-order valence-corrected chi connectivity index (χ0v) is 22.5. The van der Waals surface area contributed by atoms with E-state index >= 15 is 0 Å². The van der Waals surface area contributed by atoms with Gasteiger partial charge in [0.15, 0.2) is 6.61 Å². The van der Waals surface area contributed by atoms with E-state index < -0.39 is 12.6 Å². The van der Waals surface area contributed by atoms with Gasteiger partial charge in [-0.2, -0.15) is 0 Å². The minimum Gasteiger partial charge on any atom is -0.482 e. The van der Waals surface area contributed by atoms with E-state index in [2.05, 4.69) is 95.8 Å². The van der Waals surface area contributed by atoms with Crippen LogP contribution in [-0.2, 0) is 14.9 Å². The molecule has 1 aliphatic rings. The molecule has 1 fully saturated rings. The lowest BCUT2D eigenvalue weighted by molar-refractivity contribution is -0.139. The van der Waals surface area contributed by atoms with E-state index in [0.29, 0.717) is 5.75 Å². The van der Waals surface area contributed by atoms with Crippen molar-refractivity contribution in [3.8, 4) is 5.75 Å². The quantitative estimate of drug-likeness (QED) is 0.325. The molecule has 0 aromatic heterocycles. The zero-order valence-electron chi connectivity index (χ0n) is 22.5. The standard InChI is InChI=1S/C33H38O4/c1-21(2)27-19-28(26-15-11-10-12-22(26)3)23(4)37-32(27)29-18-25(16-17-30(29)36-20-31(34)35)33(5,6)24-13-8-7-9-14-24/h7-18,23,27-28,32H,1,19-20H2,2-6H3,(H,34,35)/t23-,27+,28-,32-/m0/s1. The van der Waals surface area contributed by atoms with Crippen molar-refractivity contribution >= 4 is 5.97 Å². The molecule has 3 aromatic rings. The molecule has 0 aliphatic carbocycles. The maximum Gasteiger partial charge on any atom is 0.341 e. The van der Waals surface area contributed by atoms with Gasteiger partial charge in [0, 0.05) is 22.8 Å². The van der Waals surface area contributed by atoms with E-state index in [1.165, 1.54) is 16.7 Å². The van der Waals surface area contributed by atoms with Crippen LogP contribution in [0.5, 0.6) is 5.75 Å². The molecule has 0 unspecified atom stereocenters. The van der Waals surface area contributed by atoms with Crippen molar-refractivity contribution in [2.75, 3.05) is 6.61 Å². The Kier molecular flexibility index (Phi) is 7.89. The molecule has 1 saturated heterocycles. The summed E-state index contributed by atoms with van der Waals surface area (Å²) >= 11 is 0. The van der Waals surface area contributed by atoms with Gasteiger partial charge in [0.05, 0.1) is 12.2 Å². The number of aliphatic carboxylic acids is 1. The fourth-order valence-electron chi connectivity index (χ4n) is 5.59. The zero-order chi connectivity index (χ0) is 26.7. The van der Waals surface area contributed by atoms with Gasteiger partial charge in [0.2, 0.25) is 0 Å². The first-order valence-electron chi connectivity index (χ1n) is 13.0. The van der Waals surface area contributed by atoms with Gasteiger partial charge in [0.1, 0.15) is 5.75 Å². The molecule has 194 valence electrons. The average Bonchev–Trinajstić information content (AvgIpc) is 2.88. The predicted octanol–water partition coefficient (Wildman–Crippen LogP) is 7.61. The minimum absolute atomic E-state index is 0.0280. The van der Waals surface area contributed by atoms with Crippen LogP contribution in [-0.4, -0.2) is 23.8 Å². The summed E-state index contributed by atoms with van der Waals surface area (Å²) in [5, 5.41) is 9.31. The largest absolute Gasteiger partial charge is 0.482 e. The molecule has 0 radical (unpaired) electrons. The molecule has 0 saturated carbocycles. The van der Waals surface area contributed by atoms with E-state index in [0.717, 1.165) is 23.1 Å². The van der Waals surface area contributed by atoms with Crippen molar-refractivity contribution in [1.82, 2.24) is 0 Å². The van der Waals surface area contributed by atoms with E-state index in [9.17, 15) is 9.90 Å². The Morgan fingerprint density at radius 2 is 1.70 bits per heavy atom. The van der Waals surface area contributed by atoms with Crippen LogP contribution in [0.3, 0.4) is 0 Å². The summed E-state index contributed by atoms with van der Waals surface area (Å²) in [5.41, 5.74) is 6.56. The monoisotopic (exact) mass is 498 g/mol. The average molecular weight is 499 g/mol. The number of hydrogen-bond acceptors (Lipinski definition) is 3. The number of hydrogen-bond donors (Lipinski definition) is 1. The van der Waals surface area contributed by atoms with Crippen LogP contribution in [0.1, 0.15) is 74.0 Å². The maximum absolute atomic E-state index is 11.4. The van der Waals surface area contributed by atoms with Gasteiger partial charge in [-0.3, -0.25) is 0 Å². The summed E-state index contributed by atoms with van der Waals surface area (Å²) in [6.45, 7) is 14.7. The van der Waals surface area contributed by atoms with Crippen LogP contribution in [0.2, 0.25) is 0 Å². The van der Waals surface area contributed by atoms with Crippen molar-refractivity contribution in [2.45, 2.75) is 64.6 Å². The molecule has 1 N–H and O–H groups in total. The second kappa shape index (κ2) is 10.9. The van der Waals surface area contributed by atoms with Gasteiger partial charge in [0.25, 0.3) is 0 Å². The number of carboxylic acid groups (broad SMARTS) is 1.